The van der Waals surface area contributed by atoms with Gasteiger partial charge in [-0.15, -0.1) is 0 Å². The number of nitrogens with one attached hydrogen (secondary N) is 1. The van der Waals surface area contributed by atoms with Crippen molar-refractivity contribution in [3.63, 3.8) is 0 Å². The van der Waals surface area contributed by atoms with Crippen LogP contribution in [0.1, 0.15) is 86.5 Å². The van der Waals surface area contributed by atoms with Crippen LogP contribution in [0.2, 0.25) is 0 Å². The Hall–Kier alpha value is -0.940. The second-order valence-electron chi connectivity index (χ2n) is 9.76. The van der Waals surface area contributed by atoms with Crippen molar-refractivity contribution < 1.29 is 14.3 Å². The first-order valence-corrected chi connectivity index (χ1v) is 10.5. The molecule has 0 aliphatic carbocycles. The largest absolute Gasteiger partial charge is 0.460 e. The minimum Gasteiger partial charge on any atom is -0.460 e. The number of esters is 1. The fraction of sp³-hybridized carbons (Fsp3) is 0.909. The van der Waals surface area contributed by atoms with Crippen LogP contribution in [0.3, 0.4) is 0 Å². The highest BCUT2D eigenvalue weighted by molar-refractivity contribution is 5.81. The van der Waals surface area contributed by atoms with Crippen molar-refractivity contribution in [3.05, 3.63) is 0 Å². The van der Waals surface area contributed by atoms with Crippen molar-refractivity contribution in [2.24, 2.45) is 5.41 Å². The predicted molar refractivity (Wildman–Crippen MR) is 113 cm³/mol. The molecule has 0 fully saturated rings. The van der Waals surface area contributed by atoms with Crippen molar-refractivity contribution in [3.8, 4) is 0 Å². The Bertz CT molecular complexity index is 422. The molecule has 5 heteroatoms. The highest BCUT2D eigenvalue weighted by atomic mass is 16.6. The molecule has 0 bridgehead atoms. The average Bonchev–Trinajstić information content (AvgIpc) is 2.46. The third kappa shape index (κ3) is 18.2. The van der Waals surface area contributed by atoms with E-state index < -0.39 is 5.60 Å². The van der Waals surface area contributed by atoms with Gasteiger partial charge in [0.25, 0.3) is 0 Å². The van der Waals surface area contributed by atoms with E-state index in [9.17, 15) is 9.59 Å². The van der Waals surface area contributed by atoms with Gasteiger partial charge in [-0.25, -0.2) is 0 Å². The van der Waals surface area contributed by atoms with Gasteiger partial charge < -0.3 is 10.1 Å². The number of rotatable bonds is 14. The summed E-state index contributed by atoms with van der Waals surface area (Å²) in [7, 11) is 1.98. The van der Waals surface area contributed by atoms with Crippen molar-refractivity contribution in [2.45, 2.75) is 92.1 Å². The van der Waals surface area contributed by atoms with Crippen LogP contribution in [0, 0.1) is 5.41 Å². The molecule has 0 spiro atoms. The smallest absolute Gasteiger partial charge is 0.306 e. The van der Waals surface area contributed by atoms with Gasteiger partial charge in [0.05, 0.1) is 6.54 Å². The van der Waals surface area contributed by atoms with E-state index in [0.717, 1.165) is 32.5 Å². The summed E-state index contributed by atoms with van der Waals surface area (Å²) < 4.78 is 5.37. The van der Waals surface area contributed by atoms with Crippen LogP contribution in [0.25, 0.3) is 0 Å². The molecule has 0 aromatic heterocycles. The number of carbonyl (C=O) groups excluding carboxylic acids is 2. The van der Waals surface area contributed by atoms with Crippen LogP contribution < -0.4 is 5.32 Å². The zero-order valence-electron chi connectivity index (χ0n) is 19.0. The van der Waals surface area contributed by atoms with E-state index in [0.29, 0.717) is 19.4 Å². The Morgan fingerprint density at radius 2 is 1.48 bits per heavy atom. The molecule has 0 aliphatic rings. The lowest BCUT2D eigenvalue weighted by Gasteiger charge is -2.24. The number of hydrogen-bond donors (Lipinski definition) is 1. The number of ether oxygens (including phenoxy) is 1. The average molecular weight is 385 g/mol. The van der Waals surface area contributed by atoms with Gasteiger partial charge in [-0.1, -0.05) is 33.6 Å². The molecule has 5 nitrogen and oxygen atoms in total. The molecular weight excluding hydrogens is 340 g/mol. The fourth-order valence-electron chi connectivity index (χ4n) is 3.00. The maximum atomic E-state index is 12.4. The number of unbranched alkanes of at least 4 members (excludes halogenated alkanes) is 3. The standard InChI is InChI=1S/C22H44N2O3/c1-21(2,3)17-19(25)18-24(15-11-9-8-10-14-23-7)16-12-13-20(26)27-22(4,5)6/h23H,8-18H2,1-7H3. The maximum Gasteiger partial charge on any atom is 0.306 e. The van der Waals surface area contributed by atoms with Crippen molar-refractivity contribution >= 4 is 11.8 Å². The monoisotopic (exact) mass is 384 g/mol. The van der Waals surface area contributed by atoms with Gasteiger partial charge in [0, 0.05) is 12.8 Å². The van der Waals surface area contributed by atoms with Crippen LogP contribution >= 0.6 is 0 Å². The zero-order valence-corrected chi connectivity index (χ0v) is 19.0. The molecule has 160 valence electrons. The molecule has 0 saturated heterocycles. The van der Waals surface area contributed by atoms with E-state index in [1.54, 1.807) is 0 Å². The van der Waals surface area contributed by atoms with Crippen LogP contribution in [-0.4, -0.2) is 55.5 Å². The second-order valence-corrected chi connectivity index (χ2v) is 9.76. The molecule has 0 unspecified atom stereocenters. The van der Waals surface area contributed by atoms with Gasteiger partial charge in [-0.05, 0) is 72.1 Å². The Kier molecular flexibility index (Phi) is 12.8. The summed E-state index contributed by atoms with van der Waals surface area (Å²) in [6.45, 7) is 15.2. The topological polar surface area (TPSA) is 58.6 Å². The van der Waals surface area contributed by atoms with E-state index in [4.69, 9.17) is 4.74 Å². The minimum atomic E-state index is -0.438. The van der Waals surface area contributed by atoms with Gasteiger partial charge in [0.2, 0.25) is 0 Å². The summed E-state index contributed by atoms with van der Waals surface area (Å²) in [5.74, 6) is 0.130. The summed E-state index contributed by atoms with van der Waals surface area (Å²) in [5.41, 5.74) is -0.417. The SMILES string of the molecule is CNCCCCCCN(CCCC(=O)OC(C)(C)C)CC(=O)CC(C)(C)C. The third-order valence-corrected chi connectivity index (χ3v) is 4.05. The number of hydrogen-bond acceptors (Lipinski definition) is 5. The summed E-state index contributed by atoms with van der Waals surface area (Å²) in [6.07, 6.45) is 6.41. The molecular formula is C22H44N2O3. The lowest BCUT2D eigenvalue weighted by Crippen LogP contribution is -2.34. The highest BCUT2D eigenvalue weighted by Crippen LogP contribution is 2.19. The van der Waals surface area contributed by atoms with Gasteiger partial charge in [0.15, 0.2) is 0 Å². The van der Waals surface area contributed by atoms with E-state index in [1.165, 1.54) is 19.3 Å². The van der Waals surface area contributed by atoms with Crippen LogP contribution in [0.15, 0.2) is 0 Å². The highest BCUT2D eigenvalue weighted by Gasteiger charge is 2.19. The maximum absolute atomic E-state index is 12.4. The predicted octanol–water partition coefficient (Wildman–Crippen LogP) is 4.20. The molecule has 1 N–H and O–H groups in total. The van der Waals surface area contributed by atoms with Crippen molar-refractivity contribution in [1.29, 1.82) is 0 Å². The molecule has 0 aliphatic heterocycles. The third-order valence-electron chi connectivity index (χ3n) is 4.05. The lowest BCUT2D eigenvalue weighted by molar-refractivity contribution is -0.154. The fourth-order valence-corrected chi connectivity index (χ4v) is 3.00. The number of ketones is 1. The number of Topliss-reactive ketones (excluding diaryl/α,β-unsaturated/α-hetero) is 1. The molecule has 0 heterocycles. The van der Waals surface area contributed by atoms with E-state index in [2.05, 4.69) is 31.0 Å². The molecule has 27 heavy (non-hydrogen) atoms. The number of nitrogens with zero attached hydrogens (tertiary/aromatic N) is 1. The Morgan fingerprint density at radius 3 is 2.04 bits per heavy atom. The first kappa shape index (κ1) is 26.1. The lowest BCUT2D eigenvalue weighted by atomic mass is 9.90. The minimum absolute atomic E-state index is 0.0203. The number of carbonyl (C=O) groups is 2. The van der Waals surface area contributed by atoms with Crippen molar-refractivity contribution in [1.82, 2.24) is 10.2 Å². The first-order chi connectivity index (χ1) is 12.4. The van der Waals surface area contributed by atoms with E-state index in [1.807, 2.05) is 27.8 Å². The van der Waals surface area contributed by atoms with E-state index in [-0.39, 0.29) is 17.2 Å². The Balaban J connectivity index is 4.37. The zero-order chi connectivity index (χ0) is 20.9. The van der Waals surface area contributed by atoms with Gasteiger partial charge in [-0.2, -0.15) is 0 Å². The van der Waals surface area contributed by atoms with Gasteiger partial charge in [-0.3, -0.25) is 14.5 Å². The van der Waals surface area contributed by atoms with Crippen molar-refractivity contribution in [2.75, 3.05) is 33.2 Å². The normalized spacial score (nSPS) is 12.4. The molecule has 0 atom stereocenters. The quantitative estimate of drug-likeness (QED) is 0.359. The molecule has 0 amide bonds. The molecule has 0 rings (SSSR count). The van der Waals surface area contributed by atoms with Gasteiger partial charge >= 0.3 is 5.97 Å². The summed E-state index contributed by atoms with van der Waals surface area (Å²) >= 11 is 0. The van der Waals surface area contributed by atoms with Gasteiger partial charge in [0.1, 0.15) is 11.4 Å². The Labute approximate surface area is 167 Å². The van der Waals surface area contributed by atoms with Crippen LogP contribution in [-0.2, 0) is 14.3 Å². The van der Waals surface area contributed by atoms with Crippen LogP contribution in [0.5, 0.6) is 0 Å². The molecule has 0 radical (unpaired) electrons. The molecule has 0 aromatic carbocycles. The first-order valence-electron chi connectivity index (χ1n) is 10.5. The Morgan fingerprint density at radius 1 is 0.889 bits per heavy atom. The van der Waals surface area contributed by atoms with Crippen LogP contribution in [0.4, 0.5) is 0 Å². The second kappa shape index (κ2) is 13.3. The molecule has 0 aromatic rings. The van der Waals surface area contributed by atoms with E-state index >= 15 is 0 Å². The summed E-state index contributed by atoms with van der Waals surface area (Å²) in [5, 5.41) is 3.17. The summed E-state index contributed by atoms with van der Waals surface area (Å²) in [6, 6.07) is 0. The molecule has 0 saturated carbocycles. The summed E-state index contributed by atoms with van der Waals surface area (Å²) in [4.78, 5) is 26.5.